The molecule has 0 radical (unpaired) electrons. The normalized spacial score (nSPS) is 10.8. The first-order chi connectivity index (χ1) is 10.8. The van der Waals surface area contributed by atoms with E-state index in [4.69, 9.17) is 0 Å². The monoisotopic (exact) mass is 286 g/mol. The Hall–Kier alpha value is -2.34. The van der Waals surface area contributed by atoms with Crippen molar-refractivity contribution in [2.45, 2.75) is 26.2 Å². The molecule has 0 saturated carbocycles. The van der Waals surface area contributed by atoms with E-state index in [-0.39, 0.29) is 0 Å². The van der Waals surface area contributed by atoms with Gasteiger partial charge in [0.05, 0.1) is 0 Å². The lowest BCUT2D eigenvalue weighted by Gasteiger charge is -2.09. The Balaban J connectivity index is 0.000000209. The quantitative estimate of drug-likeness (QED) is 0.217. The van der Waals surface area contributed by atoms with E-state index in [0.29, 0.717) is 0 Å². The van der Waals surface area contributed by atoms with Gasteiger partial charge in [-0.2, -0.15) is 0 Å². The van der Waals surface area contributed by atoms with Crippen molar-refractivity contribution in [3.05, 3.63) is 73.3 Å². The van der Waals surface area contributed by atoms with Crippen LogP contribution < -0.4 is 0 Å². The van der Waals surface area contributed by atoms with Gasteiger partial charge in [-0.15, -0.1) is 6.58 Å². The van der Waals surface area contributed by atoms with Crippen molar-refractivity contribution in [1.82, 2.24) is 0 Å². The third kappa shape index (κ3) is 2.69. The molecule has 4 rings (SSSR count). The Morgan fingerprint density at radius 2 is 1.14 bits per heavy atom. The molecule has 0 aromatic heterocycles. The van der Waals surface area contributed by atoms with E-state index in [1.54, 1.807) is 0 Å². The molecule has 22 heavy (non-hydrogen) atoms. The Morgan fingerprint density at radius 1 is 0.727 bits per heavy atom. The van der Waals surface area contributed by atoms with Crippen molar-refractivity contribution in [1.29, 1.82) is 0 Å². The second-order valence-corrected chi connectivity index (χ2v) is 5.72. The van der Waals surface area contributed by atoms with Gasteiger partial charge >= 0.3 is 0 Å². The Kier molecular flexibility index (Phi) is 4.39. The third-order valence-electron chi connectivity index (χ3n) is 4.15. The van der Waals surface area contributed by atoms with Crippen molar-refractivity contribution >= 4 is 32.3 Å². The molecule has 0 bridgehead atoms. The van der Waals surface area contributed by atoms with E-state index in [0.717, 1.165) is 0 Å². The minimum absolute atomic E-state index is 1.18. The molecule has 0 aliphatic heterocycles. The van der Waals surface area contributed by atoms with Crippen LogP contribution in [0.5, 0.6) is 0 Å². The maximum atomic E-state index is 3.60. The number of hydrogen-bond donors (Lipinski definition) is 0. The van der Waals surface area contributed by atoms with Crippen molar-refractivity contribution in [2.75, 3.05) is 0 Å². The molecule has 0 heteroatoms. The van der Waals surface area contributed by atoms with Gasteiger partial charge in [0.25, 0.3) is 0 Å². The number of benzene rings is 4. The Labute approximate surface area is 132 Å². The standard InChI is InChI=1S/C16H10.C6H12/c1-3-11-7-9-13-5-2-6-14-10-8-12(4-1)15(11)16(13)14;1-3-5-6-4-2/h1-10H;3H,1,4-6H2,2H3. The van der Waals surface area contributed by atoms with Crippen LogP contribution in [0.1, 0.15) is 26.2 Å². The molecule has 0 saturated heterocycles. The summed E-state index contributed by atoms with van der Waals surface area (Å²) in [4.78, 5) is 0. The van der Waals surface area contributed by atoms with Crippen LogP contribution in [0.25, 0.3) is 32.3 Å². The van der Waals surface area contributed by atoms with E-state index >= 15 is 0 Å². The van der Waals surface area contributed by atoms with Crippen LogP contribution in [-0.2, 0) is 0 Å². The molecule has 0 fully saturated rings. The van der Waals surface area contributed by atoms with Gasteiger partial charge in [-0.25, -0.2) is 0 Å². The third-order valence-corrected chi connectivity index (χ3v) is 4.15. The minimum atomic E-state index is 1.18. The van der Waals surface area contributed by atoms with E-state index in [1.807, 2.05) is 6.08 Å². The van der Waals surface area contributed by atoms with Crippen molar-refractivity contribution in [3.8, 4) is 0 Å². The molecule has 0 aliphatic carbocycles. The summed E-state index contributed by atoms with van der Waals surface area (Å²) in [6, 6.07) is 21.9. The zero-order chi connectivity index (χ0) is 15.4. The molecule has 0 spiro atoms. The molecule has 4 aromatic carbocycles. The summed E-state index contributed by atoms with van der Waals surface area (Å²) in [5.41, 5.74) is 0. The van der Waals surface area contributed by atoms with Gasteiger partial charge in [-0.1, -0.05) is 86.5 Å². The molecule has 0 amide bonds. The first kappa shape index (κ1) is 14.6. The zero-order valence-electron chi connectivity index (χ0n) is 13.2. The summed E-state index contributed by atoms with van der Waals surface area (Å²) in [5, 5.41) is 8.14. The van der Waals surface area contributed by atoms with Gasteiger partial charge in [0.2, 0.25) is 0 Å². The van der Waals surface area contributed by atoms with Gasteiger partial charge in [0, 0.05) is 0 Å². The fraction of sp³-hybridized carbons (Fsp3) is 0.182. The lowest BCUT2D eigenvalue weighted by atomic mass is 9.95. The SMILES string of the molecule is C=CCCCC.c1cc2ccc3cccc4ccc(c1)c2c34. The van der Waals surface area contributed by atoms with Crippen molar-refractivity contribution < 1.29 is 0 Å². The summed E-state index contributed by atoms with van der Waals surface area (Å²) in [6.07, 6.45) is 5.72. The minimum Gasteiger partial charge on any atom is -0.103 e. The second kappa shape index (κ2) is 6.62. The van der Waals surface area contributed by atoms with E-state index in [2.05, 4.69) is 74.2 Å². The van der Waals surface area contributed by atoms with Gasteiger partial charge in [-0.3, -0.25) is 0 Å². The number of hydrogen-bond acceptors (Lipinski definition) is 0. The number of allylic oxidation sites excluding steroid dienone is 1. The lowest BCUT2D eigenvalue weighted by Crippen LogP contribution is -1.82. The highest BCUT2D eigenvalue weighted by Gasteiger charge is 2.05. The molecule has 110 valence electrons. The molecule has 0 nitrogen and oxygen atoms in total. The summed E-state index contributed by atoms with van der Waals surface area (Å²) in [6.45, 7) is 5.78. The van der Waals surface area contributed by atoms with E-state index in [1.165, 1.54) is 51.6 Å². The molecule has 0 heterocycles. The summed E-state index contributed by atoms with van der Waals surface area (Å²) in [5.74, 6) is 0. The van der Waals surface area contributed by atoms with E-state index < -0.39 is 0 Å². The van der Waals surface area contributed by atoms with Gasteiger partial charge in [0.15, 0.2) is 0 Å². The molecular formula is C22H22. The van der Waals surface area contributed by atoms with Gasteiger partial charge in [-0.05, 0) is 38.7 Å². The van der Waals surface area contributed by atoms with Gasteiger partial charge < -0.3 is 0 Å². The van der Waals surface area contributed by atoms with Crippen LogP contribution in [0, 0.1) is 0 Å². The predicted molar refractivity (Wildman–Crippen MR) is 99.9 cm³/mol. The van der Waals surface area contributed by atoms with Gasteiger partial charge in [0.1, 0.15) is 0 Å². The highest BCUT2D eigenvalue weighted by atomic mass is 14.1. The van der Waals surface area contributed by atoms with Crippen LogP contribution in [-0.4, -0.2) is 0 Å². The molecule has 0 unspecified atom stereocenters. The molecule has 0 atom stereocenters. The summed E-state index contributed by atoms with van der Waals surface area (Å²) < 4.78 is 0. The average molecular weight is 286 g/mol. The van der Waals surface area contributed by atoms with Crippen LogP contribution >= 0.6 is 0 Å². The highest BCUT2D eigenvalue weighted by Crippen LogP contribution is 2.33. The van der Waals surface area contributed by atoms with E-state index in [9.17, 15) is 0 Å². The second-order valence-electron chi connectivity index (χ2n) is 5.72. The van der Waals surface area contributed by atoms with Crippen LogP contribution in [0.15, 0.2) is 73.3 Å². The smallest absolute Gasteiger partial charge is 0.00268 e. The number of rotatable bonds is 3. The highest BCUT2D eigenvalue weighted by molar-refractivity contribution is 6.22. The summed E-state index contributed by atoms with van der Waals surface area (Å²) >= 11 is 0. The van der Waals surface area contributed by atoms with Crippen LogP contribution in [0.2, 0.25) is 0 Å². The fourth-order valence-electron chi connectivity index (χ4n) is 3.02. The van der Waals surface area contributed by atoms with Crippen molar-refractivity contribution in [2.24, 2.45) is 0 Å². The first-order valence-corrected chi connectivity index (χ1v) is 8.08. The molecule has 0 N–H and O–H groups in total. The average Bonchev–Trinajstić information content (AvgIpc) is 2.59. The maximum Gasteiger partial charge on any atom is -0.00268 e. The topological polar surface area (TPSA) is 0 Å². The van der Waals surface area contributed by atoms with Crippen LogP contribution in [0.3, 0.4) is 0 Å². The zero-order valence-corrected chi connectivity index (χ0v) is 13.2. The molecule has 4 aromatic rings. The number of unbranched alkanes of at least 4 members (excludes halogenated alkanes) is 2. The van der Waals surface area contributed by atoms with Crippen molar-refractivity contribution in [3.63, 3.8) is 0 Å². The molecule has 0 aliphatic rings. The predicted octanol–water partition coefficient (Wildman–Crippen LogP) is 6.95. The largest absolute Gasteiger partial charge is 0.103 e. The Bertz CT molecular complexity index is 756. The molecular weight excluding hydrogens is 264 g/mol. The lowest BCUT2D eigenvalue weighted by molar-refractivity contribution is 0.816. The first-order valence-electron chi connectivity index (χ1n) is 8.08. The summed E-state index contributed by atoms with van der Waals surface area (Å²) in [7, 11) is 0. The maximum absolute atomic E-state index is 3.60. The fourth-order valence-corrected chi connectivity index (χ4v) is 3.02. The van der Waals surface area contributed by atoms with Crippen LogP contribution in [0.4, 0.5) is 0 Å². The Morgan fingerprint density at radius 3 is 1.41 bits per heavy atom.